The summed E-state index contributed by atoms with van der Waals surface area (Å²) < 4.78 is 1.24. The van der Waals surface area contributed by atoms with E-state index < -0.39 is 0 Å². The average molecular weight is 300 g/mol. The zero-order valence-electron chi connectivity index (χ0n) is 7.42. The molecule has 0 saturated carbocycles. The first-order chi connectivity index (χ1) is 6.84. The lowest BCUT2D eigenvalue weighted by Crippen LogP contribution is -2.38. The number of hydrazone groups is 1. The lowest BCUT2D eigenvalue weighted by Gasteiger charge is -2.27. The highest BCUT2D eigenvalue weighted by Gasteiger charge is 2.25. The molecule has 2 heterocycles. The van der Waals surface area contributed by atoms with Crippen LogP contribution in [-0.4, -0.2) is 24.1 Å². The molecule has 0 amide bonds. The van der Waals surface area contributed by atoms with Crippen LogP contribution in [0.15, 0.2) is 23.3 Å². The third-order valence-electron chi connectivity index (χ3n) is 2.43. The molecule has 0 aromatic heterocycles. The molecule has 0 unspecified atom stereocenters. The molecule has 2 N–H and O–H groups in total. The van der Waals surface area contributed by atoms with Gasteiger partial charge >= 0.3 is 0 Å². The molecular weight excluding hydrogens is 291 g/mol. The van der Waals surface area contributed by atoms with Crippen molar-refractivity contribution < 1.29 is 0 Å². The molecule has 1 aromatic carbocycles. The normalized spacial score (nSPS) is 17.8. The van der Waals surface area contributed by atoms with E-state index in [4.69, 9.17) is 0 Å². The van der Waals surface area contributed by atoms with E-state index in [9.17, 15) is 0 Å². The molecule has 0 bridgehead atoms. The van der Waals surface area contributed by atoms with Crippen LogP contribution in [0.2, 0.25) is 0 Å². The standard InChI is InChI=1S/C9H9IN4/c10-6-1-2-7-8(3-6)11-4-14-5-12-13-9(7)14/h1-3,11-12H,4-5H2. The maximum Gasteiger partial charge on any atom is 0.160 e. The van der Waals surface area contributed by atoms with Gasteiger partial charge in [-0.05, 0) is 40.8 Å². The van der Waals surface area contributed by atoms with E-state index in [0.29, 0.717) is 0 Å². The van der Waals surface area contributed by atoms with Crippen LogP contribution < -0.4 is 10.7 Å². The monoisotopic (exact) mass is 300 g/mol. The number of halogens is 1. The summed E-state index contributed by atoms with van der Waals surface area (Å²) in [6.07, 6.45) is 0. The second-order valence-corrected chi connectivity index (χ2v) is 4.56. The largest absolute Gasteiger partial charge is 0.367 e. The van der Waals surface area contributed by atoms with Gasteiger partial charge in [-0.25, -0.2) is 0 Å². The molecule has 2 aliphatic rings. The number of nitrogens with zero attached hydrogens (tertiary/aromatic N) is 2. The second-order valence-electron chi connectivity index (χ2n) is 3.32. The van der Waals surface area contributed by atoms with E-state index in [0.717, 1.165) is 19.2 Å². The highest BCUT2D eigenvalue weighted by atomic mass is 127. The summed E-state index contributed by atoms with van der Waals surface area (Å²) >= 11 is 2.32. The van der Waals surface area contributed by atoms with Crippen molar-refractivity contribution in [2.75, 3.05) is 18.7 Å². The Morgan fingerprint density at radius 3 is 3.21 bits per heavy atom. The van der Waals surface area contributed by atoms with Crippen LogP contribution in [-0.2, 0) is 0 Å². The molecule has 72 valence electrons. The van der Waals surface area contributed by atoms with Crippen LogP contribution >= 0.6 is 22.6 Å². The first-order valence-corrected chi connectivity index (χ1v) is 5.52. The lowest BCUT2D eigenvalue weighted by atomic mass is 10.1. The van der Waals surface area contributed by atoms with Gasteiger partial charge in [0.15, 0.2) is 5.84 Å². The van der Waals surface area contributed by atoms with Crippen LogP contribution in [0.25, 0.3) is 0 Å². The van der Waals surface area contributed by atoms with Gasteiger partial charge in [-0.3, -0.25) is 5.43 Å². The van der Waals surface area contributed by atoms with Crippen molar-refractivity contribution in [3.63, 3.8) is 0 Å². The number of nitrogens with one attached hydrogen (secondary N) is 2. The number of anilines is 1. The van der Waals surface area contributed by atoms with Crippen LogP contribution in [0.5, 0.6) is 0 Å². The van der Waals surface area contributed by atoms with Crippen LogP contribution in [0.3, 0.4) is 0 Å². The molecule has 4 nitrogen and oxygen atoms in total. The second kappa shape index (κ2) is 3.01. The Morgan fingerprint density at radius 1 is 1.36 bits per heavy atom. The summed E-state index contributed by atoms with van der Waals surface area (Å²) in [5, 5.41) is 7.65. The van der Waals surface area contributed by atoms with Crippen molar-refractivity contribution in [2.24, 2.45) is 5.10 Å². The lowest BCUT2D eigenvalue weighted by molar-refractivity contribution is 0.448. The van der Waals surface area contributed by atoms with Gasteiger partial charge in [0.1, 0.15) is 6.67 Å². The van der Waals surface area contributed by atoms with Gasteiger partial charge < -0.3 is 10.2 Å². The summed E-state index contributed by atoms with van der Waals surface area (Å²) in [5.41, 5.74) is 5.35. The van der Waals surface area contributed by atoms with Gasteiger partial charge in [0.25, 0.3) is 0 Å². The number of hydrogen-bond donors (Lipinski definition) is 2. The van der Waals surface area contributed by atoms with E-state index in [2.05, 4.69) is 61.5 Å². The highest BCUT2D eigenvalue weighted by molar-refractivity contribution is 14.1. The number of hydrogen-bond acceptors (Lipinski definition) is 4. The van der Waals surface area contributed by atoms with Gasteiger partial charge in [0.05, 0.1) is 6.67 Å². The number of amidine groups is 1. The van der Waals surface area contributed by atoms with E-state index >= 15 is 0 Å². The molecule has 0 saturated heterocycles. The van der Waals surface area contributed by atoms with Crippen LogP contribution in [0.4, 0.5) is 5.69 Å². The topological polar surface area (TPSA) is 39.7 Å². The molecule has 14 heavy (non-hydrogen) atoms. The van der Waals surface area contributed by atoms with Gasteiger partial charge in [0.2, 0.25) is 0 Å². The van der Waals surface area contributed by atoms with Gasteiger partial charge in [-0.1, -0.05) is 0 Å². The van der Waals surface area contributed by atoms with Crippen molar-refractivity contribution in [3.05, 3.63) is 27.3 Å². The minimum Gasteiger partial charge on any atom is -0.367 e. The molecule has 1 aromatic rings. The van der Waals surface area contributed by atoms with Crippen LogP contribution in [0, 0.1) is 3.57 Å². The maximum atomic E-state index is 4.28. The fourth-order valence-electron chi connectivity index (χ4n) is 1.74. The van der Waals surface area contributed by atoms with E-state index in [1.807, 2.05) is 0 Å². The quantitative estimate of drug-likeness (QED) is 0.707. The molecule has 0 fully saturated rings. The van der Waals surface area contributed by atoms with Crippen molar-refractivity contribution in [2.45, 2.75) is 0 Å². The Labute approximate surface area is 95.5 Å². The van der Waals surface area contributed by atoms with E-state index in [-0.39, 0.29) is 0 Å². The van der Waals surface area contributed by atoms with Gasteiger partial charge in [-0.15, -0.1) is 0 Å². The zero-order chi connectivity index (χ0) is 9.54. The molecule has 0 radical (unpaired) electrons. The minimum absolute atomic E-state index is 0.799. The maximum absolute atomic E-state index is 4.28. The first kappa shape index (κ1) is 8.34. The van der Waals surface area contributed by atoms with Crippen molar-refractivity contribution in [1.29, 1.82) is 0 Å². The molecule has 0 spiro atoms. The molecule has 5 heteroatoms. The number of fused-ring (bicyclic) bond motifs is 3. The average Bonchev–Trinajstić information content (AvgIpc) is 2.65. The predicted molar refractivity (Wildman–Crippen MR) is 64.0 cm³/mol. The summed E-state index contributed by atoms with van der Waals surface area (Å²) in [4.78, 5) is 2.18. The highest BCUT2D eigenvalue weighted by Crippen LogP contribution is 2.25. The van der Waals surface area contributed by atoms with E-state index in [1.54, 1.807) is 0 Å². The predicted octanol–water partition coefficient (Wildman–Crippen LogP) is 1.20. The first-order valence-electron chi connectivity index (χ1n) is 4.44. The Bertz CT molecular complexity index is 415. The summed E-state index contributed by atoms with van der Waals surface area (Å²) in [7, 11) is 0. The fraction of sp³-hybridized carbons (Fsp3) is 0.222. The Hall–Kier alpha value is -0.980. The van der Waals surface area contributed by atoms with Crippen molar-refractivity contribution >= 4 is 34.1 Å². The smallest absolute Gasteiger partial charge is 0.160 e. The molecule has 0 atom stereocenters. The fourth-order valence-corrected chi connectivity index (χ4v) is 2.23. The molecule has 3 rings (SSSR count). The third-order valence-corrected chi connectivity index (χ3v) is 3.10. The minimum atomic E-state index is 0.799. The van der Waals surface area contributed by atoms with Crippen molar-refractivity contribution in [3.8, 4) is 0 Å². The molecule has 2 aliphatic heterocycles. The van der Waals surface area contributed by atoms with Gasteiger partial charge in [-0.2, -0.15) is 5.10 Å². The molecule has 0 aliphatic carbocycles. The van der Waals surface area contributed by atoms with E-state index in [1.165, 1.54) is 14.8 Å². The van der Waals surface area contributed by atoms with Gasteiger partial charge in [0, 0.05) is 14.8 Å². The summed E-state index contributed by atoms with van der Waals surface area (Å²) in [6, 6.07) is 6.36. The van der Waals surface area contributed by atoms with Crippen LogP contribution in [0.1, 0.15) is 5.56 Å². The van der Waals surface area contributed by atoms with Crippen molar-refractivity contribution in [1.82, 2.24) is 10.3 Å². The Balaban J connectivity index is 2.14. The Kier molecular flexibility index (Phi) is 1.79. The summed E-state index contributed by atoms with van der Waals surface area (Å²) in [6.45, 7) is 1.63. The number of rotatable bonds is 0. The SMILES string of the molecule is Ic1ccc2c(c1)NCN1CNN=C21. The zero-order valence-corrected chi connectivity index (χ0v) is 9.58. The number of benzene rings is 1. The third kappa shape index (κ3) is 1.15. The Morgan fingerprint density at radius 2 is 2.29 bits per heavy atom. The summed E-state index contributed by atoms with van der Waals surface area (Å²) in [5.74, 6) is 1.05. The molecular formula is C9H9IN4.